The van der Waals surface area contributed by atoms with Crippen molar-refractivity contribution >= 4 is 55.1 Å². The second kappa shape index (κ2) is 8.81. The smallest absolute Gasteiger partial charge is 0.210 e. The molecule has 1 atom stereocenters. The van der Waals surface area contributed by atoms with Crippen LogP contribution in [0.2, 0.25) is 0 Å². The number of nitrogens with one attached hydrogen (secondary N) is 1. The second-order valence-corrected chi connectivity index (χ2v) is 11.7. The molecular weight excluding hydrogens is 498 g/mol. The molecule has 3 heteroatoms. The maximum absolute atomic E-state index is 3.80. The molecule has 198 valence electrons. The van der Waals surface area contributed by atoms with Crippen LogP contribution in [0, 0.1) is 0 Å². The Morgan fingerprint density at radius 3 is 2.17 bits per heavy atom. The highest BCUT2D eigenvalue weighted by Gasteiger charge is 2.48. The van der Waals surface area contributed by atoms with E-state index in [0.717, 1.165) is 12.2 Å². The average molecular weight is 531 g/mol. The van der Waals surface area contributed by atoms with Crippen LogP contribution in [-0.2, 0) is 11.8 Å². The Hall–Kier alpha value is -4.89. The zero-order valence-electron chi connectivity index (χ0n) is 23.6. The number of fused-ring (bicyclic) bond motifs is 7. The first-order valence-electron chi connectivity index (χ1n) is 14.4. The summed E-state index contributed by atoms with van der Waals surface area (Å²) in [6, 6.07) is 42.1. The van der Waals surface area contributed by atoms with E-state index in [1.807, 2.05) is 0 Å². The van der Waals surface area contributed by atoms with Crippen molar-refractivity contribution in [2.75, 3.05) is 24.3 Å². The highest BCUT2D eigenvalue weighted by molar-refractivity contribution is 6.10. The molecule has 0 aliphatic carbocycles. The standard InChI is InChI=1S/C38H31N3/c1-38(24-25-16-17-26-10-4-5-13-29(26)22-25)34(40(2)32-20-18-27-11-6-8-14-30(27)36(32)38)23-35-39-37-31-15-9-7-12-28(31)19-21-33(37)41(35)3/h4-23H,24H2,1-3H3/p+1. The summed E-state index contributed by atoms with van der Waals surface area (Å²) in [6.45, 7) is 2.43. The third-order valence-corrected chi connectivity index (χ3v) is 9.27. The molecule has 1 N–H and O–H groups in total. The number of anilines is 2. The fraction of sp³-hybridized carbons (Fsp3) is 0.132. The van der Waals surface area contributed by atoms with Gasteiger partial charge in [0.2, 0.25) is 5.69 Å². The Morgan fingerprint density at radius 1 is 0.732 bits per heavy atom. The first-order chi connectivity index (χ1) is 20.0. The summed E-state index contributed by atoms with van der Waals surface area (Å²) in [6.07, 6.45) is 3.28. The summed E-state index contributed by atoms with van der Waals surface area (Å²) in [5.41, 5.74) is 7.47. The number of allylic oxidation sites excluding steroid dienone is 1. The van der Waals surface area contributed by atoms with Crippen LogP contribution in [0.5, 0.6) is 0 Å². The van der Waals surface area contributed by atoms with E-state index in [9.17, 15) is 0 Å². The lowest BCUT2D eigenvalue weighted by atomic mass is 9.73. The zero-order chi connectivity index (χ0) is 27.7. The molecule has 0 aromatic heterocycles. The normalized spacial score (nSPS) is 18.9. The van der Waals surface area contributed by atoms with Crippen LogP contribution in [0.3, 0.4) is 0 Å². The lowest BCUT2D eigenvalue weighted by Crippen LogP contribution is -2.34. The number of hydrogen-bond acceptors (Lipinski definition) is 2. The number of rotatable bonds is 3. The predicted molar refractivity (Wildman–Crippen MR) is 174 cm³/mol. The molecule has 0 bridgehead atoms. The van der Waals surface area contributed by atoms with Gasteiger partial charge in [0.15, 0.2) is 5.71 Å². The first-order valence-corrected chi connectivity index (χ1v) is 14.4. The summed E-state index contributed by atoms with van der Waals surface area (Å²) in [5, 5.41) is 11.5. The van der Waals surface area contributed by atoms with Gasteiger partial charge < -0.3 is 10.2 Å². The Labute approximate surface area is 240 Å². The molecule has 2 heterocycles. The van der Waals surface area contributed by atoms with Crippen LogP contribution in [0.25, 0.3) is 32.3 Å². The van der Waals surface area contributed by atoms with E-state index in [0.29, 0.717) is 0 Å². The van der Waals surface area contributed by atoms with E-state index >= 15 is 0 Å². The molecular formula is C38H32N3+. The van der Waals surface area contributed by atoms with Crippen LogP contribution in [0.4, 0.5) is 17.1 Å². The Kier molecular flexibility index (Phi) is 5.14. The molecule has 1 unspecified atom stereocenters. The predicted octanol–water partition coefficient (Wildman–Crippen LogP) is 8.78. The topological polar surface area (TPSA) is 18.3 Å². The van der Waals surface area contributed by atoms with Crippen molar-refractivity contribution in [2.45, 2.75) is 18.8 Å². The molecule has 6 aromatic carbocycles. The van der Waals surface area contributed by atoms with E-state index in [1.165, 1.54) is 66.2 Å². The van der Waals surface area contributed by atoms with E-state index in [1.54, 1.807) is 0 Å². The molecule has 2 aliphatic rings. The second-order valence-electron chi connectivity index (χ2n) is 11.7. The van der Waals surface area contributed by atoms with Crippen molar-refractivity contribution < 1.29 is 4.58 Å². The molecule has 8 rings (SSSR count). The van der Waals surface area contributed by atoms with Gasteiger partial charge in [0.25, 0.3) is 0 Å². The van der Waals surface area contributed by atoms with E-state index in [-0.39, 0.29) is 5.41 Å². The summed E-state index contributed by atoms with van der Waals surface area (Å²) < 4.78 is 2.41. The monoisotopic (exact) mass is 530 g/mol. The van der Waals surface area contributed by atoms with Crippen molar-refractivity contribution in [3.63, 3.8) is 0 Å². The van der Waals surface area contributed by atoms with Gasteiger partial charge in [0, 0.05) is 30.1 Å². The molecule has 0 radical (unpaired) electrons. The van der Waals surface area contributed by atoms with Crippen LogP contribution >= 0.6 is 0 Å². The lowest BCUT2D eigenvalue weighted by molar-refractivity contribution is -0.401. The molecule has 0 saturated heterocycles. The van der Waals surface area contributed by atoms with E-state index in [4.69, 9.17) is 0 Å². The fourth-order valence-electron chi connectivity index (χ4n) is 7.21. The minimum Gasteiger partial charge on any atom is -0.339 e. The van der Waals surface area contributed by atoms with E-state index in [2.05, 4.69) is 157 Å². The number of benzene rings is 6. The molecule has 0 saturated carbocycles. The Bertz CT molecular complexity index is 2100. The Morgan fingerprint density at radius 2 is 1.37 bits per heavy atom. The van der Waals surface area contributed by atoms with Gasteiger partial charge in [0.1, 0.15) is 12.9 Å². The van der Waals surface area contributed by atoms with Gasteiger partial charge in [-0.2, -0.15) is 4.58 Å². The van der Waals surface area contributed by atoms with Gasteiger partial charge in [0.05, 0.1) is 16.8 Å². The molecule has 2 aliphatic heterocycles. The fourth-order valence-corrected chi connectivity index (χ4v) is 7.21. The Balaban J connectivity index is 1.30. The minimum atomic E-state index is -0.236. The van der Waals surface area contributed by atoms with Gasteiger partial charge in [-0.3, -0.25) is 0 Å². The first kappa shape index (κ1) is 24.0. The van der Waals surface area contributed by atoms with Gasteiger partial charge >= 0.3 is 0 Å². The van der Waals surface area contributed by atoms with Crippen LogP contribution in [-0.4, -0.2) is 24.4 Å². The molecule has 6 aromatic rings. The lowest BCUT2D eigenvalue weighted by Gasteiger charge is -2.25. The van der Waals surface area contributed by atoms with Crippen LogP contribution in [0.15, 0.2) is 127 Å². The molecule has 41 heavy (non-hydrogen) atoms. The van der Waals surface area contributed by atoms with Gasteiger partial charge in [-0.05, 0) is 58.0 Å². The third-order valence-electron chi connectivity index (χ3n) is 9.27. The largest absolute Gasteiger partial charge is 0.339 e. The summed E-state index contributed by atoms with van der Waals surface area (Å²) in [5.74, 6) is 1.10. The number of nitrogens with zero attached hydrogens (tertiary/aromatic N) is 2. The SMILES string of the molecule is CN1/C(=C/C2=[N+](C)c3ccc4ccccc4c3C2(C)Cc2ccc3ccccc3c2)Nc2c1ccc1ccccc21. The van der Waals surface area contributed by atoms with Crippen LogP contribution < -0.4 is 10.2 Å². The van der Waals surface area contributed by atoms with Crippen molar-refractivity contribution in [3.05, 3.63) is 138 Å². The average Bonchev–Trinajstić information content (AvgIpc) is 3.44. The maximum Gasteiger partial charge on any atom is 0.210 e. The van der Waals surface area contributed by atoms with Gasteiger partial charge in [-0.1, -0.05) is 97.1 Å². The summed E-state index contributed by atoms with van der Waals surface area (Å²) in [7, 11) is 4.39. The third kappa shape index (κ3) is 3.55. The van der Waals surface area contributed by atoms with Gasteiger partial charge in [-0.15, -0.1) is 0 Å². The van der Waals surface area contributed by atoms with Gasteiger partial charge in [-0.25, -0.2) is 0 Å². The van der Waals surface area contributed by atoms with Crippen molar-refractivity contribution in [1.82, 2.24) is 0 Å². The van der Waals surface area contributed by atoms with Crippen molar-refractivity contribution in [3.8, 4) is 0 Å². The molecule has 3 nitrogen and oxygen atoms in total. The summed E-state index contributed by atoms with van der Waals surface area (Å²) in [4.78, 5) is 2.29. The van der Waals surface area contributed by atoms with E-state index < -0.39 is 0 Å². The molecule has 0 fully saturated rings. The molecule has 0 spiro atoms. The quantitative estimate of drug-likeness (QED) is 0.231. The molecule has 0 amide bonds. The highest BCUT2D eigenvalue weighted by atomic mass is 15.3. The highest BCUT2D eigenvalue weighted by Crippen LogP contribution is 2.47. The van der Waals surface area contributed by atoms with Crippen molar-refractivity contribution in [2.24, 2.45) is 0 Å². The minimum absolute atomic E-state index is 0.236. The zero-order valence-corrected chi connectivity index (χ0v) is 23.6. The number of hydrogen-bond donors (Lipinski definition) is 1. The van der Waals surface area contributed by atoms with Crippen LogP contribution in [0.1, 0.15) is 18.1 Å². The van der Waals surface area contributed by atoms with Crippen molar-refractivity contribution in [1.29, 1.82) is 0 Å². The maximum atomic E-state index is 3.80. The summed E-state index contributed by atoms with van der Waals surface area (Å²) >= 11 is 0.